The van der Waals surface area contributed by atoms with Gasteiger partial charge < -0.3 is 19.3 Å². The van der Waals surface area contributed by atoms with Crippen LogP contribution in [0.4, 0.5) is 0 Å². The van der Waals surface area contributed by atoms with Crippen molar-refractivity contribution >= 4 is 23.9 Å². The van der Waals surface area contributed by atoms with Gasteiger partial charge in [0.15, 0.2) is 22.5 Å². The van der Waals surface area contributed by atoms with E-state index in [-0.39, 0.29) is 17.4 Å². The number of hydrogen-bond acceptors (Lipinski definition) is 9. The van der Waals surface area contributed by atoms with Gasteiger partial charge in [0.1, 0.15) is 11.5 Å². The summed E-state index contributed by atoms with van der Waals surface area (Å²) in [6, 6.07) is 20.0. The molecule has 0 spiro atoms. The Hall–Kier alpha value is -4.51. The largest absolute Gasteiger partial charge is 0.504 e. The standard InChI is InChI=1S/C27H27N5O5S/c1-4-37-23-7-5-6-19(25(23)34)16-28-29-24(33)17-38-27-31-30-26(18-8-12-21(35-2)13-9-18)32(27)20-10-14-22(36-3)15-11-20/h5-16,34H,4,17H2,1-3H3,(H,29,33). The zero-order valence-electron chi connectivity index (χ0n) is 21.1. The number of amides is 1. The molecule has 38 heavy (non-hydrogen) atoms. The molecule has 11 heteroatoms. The number of para-hydroxylation sites is 1. The first-order chi connectivity index (χ1) is 18.5. The first-order valence-corrected chi connectivity index (χ1v) is 12.7. The van der Waals surface area contributed by atoms with E-state index in [0.29, 0.717) is 28.9 Å². The number of nitrogens with one attached hydrogen (secondary N) is 1. The Kier molecular flexibility index (Phi) is 8.83. The average molecular weight is 534 g/mol. The van der Waals surface area contributed by atoms with Crippen molar-refractivity contribution < 1.29 is 24.1 Å². The molecule has 0 aliphatic carbocycles. The van der Waals surface area contributed by atoms with Crippen LogP contribution in [0.2, 0.25) is 0 Å². The number of aromatic nitrogens is 3. The third-order valence-electron chi connectivity index (χ3n) is 5.37. The molecule has 0 aliphatic heterocycles. The van der Waals surface area contributed by atoms with E-state index in [1.54, 1.807) is 32.4 Å². The zero-order chi connectivity index (χ0) is 26.9. The van der Waals surface area contributed by atoms with E-state index in [1.807, 2.05) is 60.0 Å². The summed E-state index contributed by atoms with van der Waals surface area (Å²) in [4.78, 5) is 12.5. The fraction of sp³-hybridized carbons (Fsp3) is 0.185. The van der Waals surface area contributed by atoms with Crippen molar-refractivity contribution in [3.63, 3.8) is 0 Å². The summed E-state index contributed by atoms with van der Waals surface area (Å²) in [6.07, 6.45) is 1.36. The molecular weight excluding hydrogens is 506 g/mol. The SMILES string of the molecule is CCOc1cccc(C=NNC(=O)CSc2nnc(-c3ccc(OC)cc3)n2-c2ccc(OC)cc2)c1O. The van der Waals surface area contributed by atoms with Gasteiger partial charge in [-0.1, -0.05) is 17.8 Å². The van der Waals surface area contributed by atoms with E-state index in [2.05, 4.69) is 20.7 Å². The van der Waals surface area contributed by atoms with Gasteiger partial charge in [-0.25, -0.2) is 5.43 Å². The maximum absolute atomic E-state index is 12.5. The third-order valence-corrected chi connectivity index (χ3v) is 6.30. The van der Waals surface area contributed by atoms with Crippen molar-refractivity contribution in [3.05, 3.63) is 72.3 Å². The fourth-order valence-corrected chi connectivity index (χ4v) is 4.25. The van der Waals surface area contributed by atoms with Crippen LogP contribution in [0.25, 0.3) is 17.1 Å². The topological polar surface area (TPSA) is 120 Å². The van der Waals surface area contributed by atoms with Crippen LogP contribution >= 0.6 is 11.8 Å². The lowest BCUT2D eigenvalue weighted by Crippen LogP contribution is -2.20. The Bertz CT molecular complexity index is 1400. The minimum absolute atomic E-state index is 0.0409. The number of aromatic hydroxyl groups is 1. The fourth-order valence-electron chi connectivity index (χ4n) is 3.51. The highest BCUT2D eigenvalue weighted by Crippen LogP contribution is 2.30. The minimum atomic E-state index is -0.345. The van der Waals surface area contributed by atoms with Gasteiger partial charge in [0.2, 0.25) is 0 Å². The van der Waals surface area contributed by atoms with Crippen LogP contribution < -0.4 is 19.6 Å². The van der Waals surface area contributed by atoms with Gasteiger partial charge in [-0.05, 0) is 67.6 Å². The molecule has 0 saturated heterocycles. The molecule has 0 fully saturated rings. The maximum atomic E-state index is 12.5. The molecule has 0 unspecified atom stereocenters. The van der Waals surface area contributed by atoms with Gasteiger partial charge in [-0.15, -0.1) is 10.2 Å². The predicted octanol–water partition coefficient (Wildman–Crippen LogP) is 4.30. The number of ether oxygens (including phenoxy) is 3. The molecule has 0 atom stereocenters. The lowest BCUT2D eigenvalue weighted by molar-refractivity contribution is -0.118. The monoisotopic (exact) mass is 533 g/mol. The Morgan fingerprint density at radius 3 is 2.37 bits per heavy atom. The maximum Gasteiger partial charge on any atom is 0.250 e. The summed E-state index contributed by atoms with van der Waals surface area (Å²) < 4.78 is 17.8. The summed E-state index contributed by atoms with van der Waals surface area (Å²) >= 11 is 1.22. The molecule has 3 aromatic carbocycles. The zero-order valence-corrected chi connectivity index (χ0v) is 21.9. The first-order valence-electron chi connectivity index (χ1n) is 11.7. The van der Waals surface area contributed by atoms with E-state index in [4.69, 9.17) is 14.2 Å². The van der Waals surface area contributed by atoms with Crippen LogP contribution in [0.5, 0.6) is 23.0 Å². The Morgan fingerprint density at radius 2 is 1.71 bits per heavy atom. The van der Waals surface area contributed by atoms with Crippen LogP contribution in [-0.2, 0) is 4.79 Å². The second-order valence-electron chi connectivity index (χ2n) is 7.78. The highest BCUT2D eigenvalue weighted by molar-refractivity contribution is 7.99. The molecular formula is C27H27N5O5S. The highest BCUT2D eigenvalue weighted by atomic mass is 32.2. The number of carbonyl (C=O) groups excluding carboxylic acids is 1. The molecule has 0 aliphatic rings. The van der Waals surface area contributed by atoms with Gasteiger partial charge in [-0.3, -0.25) is 9.36 Å². The number of thioether (sulfide) groups is 1. The Morgan fingerprint density at radius 1 is 1.03 bits per heavy atom. The van der Waals surface area contributed by atoms with Gasteiger partial charge in [-0.2, -0.15) is 5.10 Å². The van der Waals surface area contributed by atoms with Crippen LogP contribution in [0.15, 0.2) is 77.0 Å². The number of phenolic OH excluding ortho intramolecular Hbond substituents is 1. The summed E-state index contributed by atoms with van der Waals surface area (Å²) in [7, 11) is 3.22. The van der Waals surface area contributed by atoms with Crippen molar-refractivity contribution in [2.45, 2.75) is 12.1 Å². The Labute approximate surface area is 224 Å². The number of phenols is 1. The molecule has 10 nitrogen and oxygen atoms in total. The summed E-state index contributed by atoms with van der Waals surface area (Å²) in [5.41, 5.74) is 4.55. The van der Waals surface area contributed by atoms with E-state index in [9.17, 15) is 9.90 Å². The van der Waals surface area contributed by atoms with Crippen molar-refractivity contribution in [2.75, 3.05) is 26.6 Å². The highest BCUT2D eigenvalue weighted by Gasteiger charge is 2.18. The third kappa shape index (κ3) is 6.24. The van der Waals surface area contributed by atoms with Crippen molar-refractivity contribution in [1.82, 2.24) is 20.2 Å². The summed E-state index contributed by atoms with van der Waals surface area (Å²) in [5.74, 6) is 2.07. The van der Waals surface area contributed by atoms with Crippen LogP contribution in [0.1, 0.15) is 12.5 Å². The summed E-state index contributed by atoms with van der Waals surface area (Å²) in [5, 5.41) is 23.5. The average Bonchev–Trinajstić information content (AvgIpc) is 3.38. The van der Waals surface area contributed by atoms with Gasteiger partial charge in [0.05, 0.1) is 32.8 Å². The van der Waals surface area contributed by atoms with Gasteiger partial charge in [0, 0.05) is 16.8 Å². The molecule has 0 bridgehead atoms. The molecule has 0 saturated carbocycles. The molecule has 1 heterocycles. The molecule has 1 aromatic heterocycles. The number of carbonyl (C=O) groups is 1. The van der Waals surface area contributed by atoms with Crippen LogP contribution in [-0.4, -0.2) is 58.6 Å². The number of hydrazone groups is 1. The lowest BCUT2D eigenvalue weighted by atomic mass is 10.2. The smallest absolute Gasteiger partial charge is 0.250 e. The predicted molar refractivity (Wildman–Crippen MR) is 146 cm³/mol. The normalized spacial score (nSPS) is 10.9. The molecule has 0 radical (unpaired) electrons. The number of hydrogen-bond donors (Lipinski definition) is 2. The first kappa shape index (κ1) is 26.6. The van der Waals surface area contributed by atoms with E-state index in [0.717, 1.165) is 22.7 Å². The Balaban J connectivity index is 1.50. The minimum Gasteiger partial charge on any atom is -0.504 e. The summed E-state index contributed by atoms with van der Waals surface area (Å²) in [6.45, 7) is 2.25. The van der Waals surface area contributed by atoms with Gasteiger partial charge in [0.25, 0.3) is 5.91 Å². The van der Waals surface area contributed by atoms with Crippen molar-refractivity contribution in [2.24, 2.45) is 5.10 Å². The number of nitrogens with zero attached hydrogens (tertiary/aromatic N) is 4. The molecule has 196 valence electrons. The molecule has 4 aromatic rings. The van der Waals surface area contributed by atoms with Crippen molar-refractivity contribution in [3.8, 4) is 40.1 Å². The molecule has 1 amide bonds. The van der Waals surface area contributed by atoms with E-state index in [1.165, 1.54) is 18.0 Å². The van der Waals surface area contributed by atoms with Gasteiger partial charge >= 0.3 is 0 Å². The van der Waals surface area contributed by atoms with Crippen LogP contribution in [0, 0.1) is 0 Å². The molecule has 2 N–H and O–H groups in total. The number of benzene rings is 3. The molecule has 4 rings (SSSR count). The van der Waals surface area contributed by atoms with E-state index < -0.39 is 0 Å². The van der Waals surface area contributed by atoms with Crippen LogP contribution in [0.3, 0.4) is 0 Å². The lowest BCUT2D eigenvalue weighted by Gasteiger charge is -2.11. The van der Waals surface area contributed by atoms with E-state index >= 15 is 0 Å². The number of methoxy groups -OCH3 is 2. The second-order valence-corrected chi connectivity index (χ2v) is 8.72. The quantitative estimate of drug-likeness (QED) is 0.166. The number of rotatable bonds is 11. The van der Waals surface area contributed by atoms with Crippen molar-refractivity contribution in [1.29, 1.82) is 0 Å². The second kappa shape index (κ2) is 12.6.